The third-order valence-electron chi connectivity index (χ3n) is 3.95. The number of carboxylic acids is 1. The average Bonchev–Trinajstić information content (AvgIpc) is 2.37. The summed E-state index contributed by atoms with van der Waals surface area (Å²) < 4.78 is 0. The molecule has 1 aliphatic rings. The summed E-state index contributed by atoms with van der Waals surface area (Å²) in [5.41, 5.74) is -0.0885. The number of hydrogen-bond acceptors (Lipinski definition) is 3. The highest BCUT2D eigenvalue weighted by Gasteiger charge is 2.44. The second-order valence-corrected chi connectivity index (χ2v) is 5.81. The van der Waals surface area contributed by atoms with Crippen LogP contribution in [0.1, 0.15) is 37.8 Å². The first-order chi connectivity index (χ1) is 9.94. The molecule has 114 valence electrons. The van der Waals surface area contributed by atoms with Crippen molar-refractivity contribution in [2.24, 2.45) is 0 Å². The topological polar surface area (TPSA) is 78.4 Å². The van der Waals surface area contributed by atoms with Crippen molar-refractivity contribution in [3.63, 3.8) is 0 Å². The van der Waals surface area contributed by atoms with Crippen LogP contribution in [0.2, 0.25) is 5.02 Å². The number of carbonyl (C=O) groups is 2. The van der Waals surface area contributed by atoms with Gasteiger partial charge in [-0.25, -0.2) is 0 Å². The van der Waals surface area contributed by atoms with Gasteiger partial charge in [-0.05, 0) is 37.8 Å². The summed E-state index contributed by atoms with van der Waals surface area (Å²) >= 11 is 6.08. The number of carbonyl (C=O) groups excluding carboxylic acids is 1. The number of carboxylic acid groups (broad SMARTS) is 1. The lowest BCUT2D eigenvalue weighted by molar-refractivity contribution is -0.149. The second kappa shape index (κ2) is 6.45. The Bertz CT molecular complexity index is 543. The fourth-order valence-corrected chi connectivity index (χ4v) is 2.74. The van der Waals surface area contributed by atoms with Crippen molar-refractivity contribution in [2.75, 3.05) is 6.54 Å². The maximum Gasteiger partial charge on any atom is 0.323 e. The van der Waals surface area contributed by atoms with Crippen molar-refractivity contribution in [3.05, 3.63) is 34.9 Å². The molecule has 0 heterocycles. The van der Waals surface area contributed by atoms with Gasteiger partial charge < -0.3 is 10.4 Å². The van der Waals surface area contributed by atoms with E-state index in [-0.39, 0.29) is 18.5 Å². The molecule has 0 bridgehead atoms. The fraction of sp³-hybridized carbons (Fsp3) is 0.467. The lowest BCUT2D eigenvalue weighted by Gasteiger charge is -2.38. The van der Waals surface area contributed by atoms with Crippen LogP contribution >= 0.6 is 11.6 Å². The second-order valence-electron chi connectivity index (χ2n) is 5.41. The van der Waals surface area contributed by atoms with Crippen LogP contribution in [0.4, 0.5) is 0 Å². The maximum absolute atomic E-state index is 11.9. The first-order valence-electron chi connectivity index (χ1n) is 6.97. The summed E-state index contributed by atoms with van der Waals surface area (Å²) in [4.78, 5) is 23.1. The Labute approximate surface area is 128 Å². The highest BCUT2D eigenvalue weighted by atomic mass is 35.5. The van der Waals surface area contributed by atoms with Gasteiger partial charge in [0.25, 0.3) is 0 Å². The smallest absolute Gasteiger partial charge is 0.323 e. The van der Waals surface area contributed by atoms with Gasteiger partial charge in [0.15, 0.2) is 0 Å². The van der Waals surface area contributed by atoms with Crippen LogP contribution < -0.4 is 10.6 Å². The van der Waals surface area contributed by atoms with Gasteiger partial charge in [0, 0.05) is 5.02 Å². The summed E-state index contributed by atoms with van der Waals surface area (Å²) in [6.07, 6.45) is 2.00. The van der Waals surface area contributed by atoms with Crippen molar-refractivity contribution in [1.29, 1.82) is 0 Å². The van der Waals surface area contributed by atoms with Crippen LogP contribution in [0.15, 0.2) is 24.3 Å². The zero-order chi connectivity index (χ0) is 15.5. The molecule has 0 aromatic heterocycles. The molecule has 1 amide bonds. The number of nitrogens with one attached hydrogen (secondary N) is 2. The summed E-state index contributed by atoms with van der Waals surface area (Å²) in [5.74, 6) is -1.13. The van der Waals surface area contributed by atoms with Crippen LogP contribution in [0.5, 0.6) is 0 Å². The van der Waals surface area contributed by atoms with Crippen LogP contribution in [-0.2, 0) is 9.59 Å². The maximum atomic E-state index is 11.9. The van der Waals surface area contributed by atoms with Gasteiger partial charge in [-0.3, -0.25) is 14.9 Å². The largest absolute Gasteiger partial charge is 0.480 e. The summed E-state index contributed by atoms with van der Waals surface area (Å²) in [6.45, 7) is 1.83. The Kier molecular flexibility index (Phi) is 4.85. The molecule has 1 aromatic carbocycles. The first-order valence-corrected chi connectivity index (χ1v) is 7.35. The zero-order valence-electron chi connectivity index (χ0n) is 11.9. The first kappa shape index (κ1) is 15.8. The van der Waals surface area contributed by atoms with Gasteiger partial charge in [-0.2, -0.15) is 0 Å². The quantitative estimate of drug-likeness (QED) is 0.752. The van der Waals surface area contributed by atoms with Crippen molar-refractivity contribution >= 4 is 23.5 Å². The minimum atomic E-state index is -0.926. The van der Waals surface area contributed by atoms with Gasteiger partial charge in [0.05, 0.1) is 12.6 Å². The van der Waals surface area contributed by atoms with Gasteiger partial charge in [-0.15, -0.1) is 0 Å². The number of hydrogen-bond donors (Lipinski definition) is 3. The Morgan fingerprint density at radius 3 is 2.57 bits per heavy atom. The van der Waals surface area contributed by atoms with Crippen LogP contribution in [-0.4, -0.2) is 29.1 Å². The number of benzene rings is 1. The Hall–Kier alpha value is -1.59. The number of rotatable bonds is 6. The highest BCUT2D eigenvalue weighted by molar-refractivity contribution is 6.31. The van der Waals surface area contributed by atoms with Gasteiger partial charge in [0.1, 0.15) is 5.54 Å². The Morgan fingerprint density at radius 1 is 1.38 bits per heavy atom. The predicted molar refractivity (Wildman–Crippen MR) is 80.2 cm³/mol. The lowest BCUT2D eigenvalue weighted by Crippen LogP contribution is -2.59. The standard InChI is InChI=1S/C15H19ClN2O3/c1-10(11-5-2-3-6-12(11)16)18-13(19)9-17-15(14(20)21)7-4-8-15/h2-3,5-6,10,17H,4,7-9H2,1H3,(H,18,19)(H,20,21). The molecule has 1 fully saturated rings. The molecule has 0 aliphatic heterocycles. The molecule has 0 saturated heterocycles. The van der Waals surface area contributed by atoms with Crippen molar-refractivity contribution in [3.8, 4) is 0 Å². The fourth-order valence-electron chi connectivity index (χ4n) is 2.44. The molecule has 0 spiro atoms. The van der Waals surface area contributed by atoms with Crippen LogP contribution in [0.25, 0.3) is 0 Å². The van der Waals surface area contributed by atoms with E-state index in [1.54, 1.807) is 6.07 Å². The van der Waals surface area contributed by atoms with Crippen molar-refractivity contribution in [1.82, 2.24) is 10.6 Å². The Morgan fingerprint density at radius 2 is 2.05 bits per heavy atom. The lowest BCUT2D eigenvalue weighted by atomic mass is 9.77. The van der Waals surface area contributed by atoms with E-state index in [4.69, 9.17) is 11.6 Å². The van der Waals surface area contributed by atoms with E-state index in [9.17, 15) is 14.7 Å². The molecule has 1 aromatic rings. The molecule has 3 N–H and O–H groups in total. The van der Waals surface area contributed by atoms with E-state index >= 15 is 0 Å². The van der Waals surface area contributed by atoms with E-state index in [1.165, 1.54) is 0 Å². The average molecular weight is 311 g/mol. The molecular formula is C15H19ClN2O3. The highest BCUT2D eigenvalue weighted by Crippen LogP contribution is 2.31. The normalized spacial score (nSPS) is 17.6. The molecule has 1 unspecified atom stereocenters. The van der Waals surface area contributed by atoms with Crippen molar-refractivity contribution < 1.29 is 14.7 Å². The summed E-state index contributed by atoms with van der Waals surface area (Å²) in [7, 11) is 0. The van der Waals surface area contributed by atoms with Gasteiger partial charge in [-0.1, -0.05) is 29.8 Å². The zero-order valence-corrected chi connectivity index (χ0v) is 12.6. The van der Waals surface area contributed by atoms with Crippen LogP contribution in [0.3, 0.4) is 0 Å². The van der Waals surface area contributed by atoms with Gasteiger partial charge >= 0.3 is 5.97 Å². The molecule has 0 radical (unpaired) electrons. The number of halogens is 1. The third-order valence-corrected chi connectivity index (χ3v) is 4.30. The minimum absolute atomic E-state index is 0.0128. The van der Waals surface area contributed by atoms with E-state index in [1.807, 2.05) is 25.1 Å². The van der Waals surface area contributed by atoms with Gasteiger partial charge in [0.2, 0.25) is 5.91 Å². The molecule has 1 aliphatic carbocycles. The van der Waals surface area contributed by atoms with E-state index in [0.717, 1.165) is 12.0 Å². The SMILES string of the molecule is CC(NC(=O)CNC1(C(=O)O)CCC1)c1ccccc1Cl. The minimum Gasteiger partial charge on any atom is -0.480 e. The molecule has 6 heteroatoms. The molecule has 2 rings (SSSR count). The van der Waals surface area contributed by atoms with Crippen molar-refractivity contribution in [2.45, 2.75) is 37.8 Å². The van der Waals surface area contributed by atoms with E-state index in [0.29, 0.717) is 17.9 Å². The number of amides is 1. The summed E-state index contributed by atoms with van der Waals surface area (Å²) in [6, 6.07) is 7.08. The molecular weight excluding hydrogens is 292 g/mol. The van der Waals surface area contributed by atoms with E-state index < -0.39 is 11.5 Å². The molecule has 5 nitrogen and oxygen atoms in total. The molecule has 1 atom stereocenters. The third kappa shape index (κ3) is 3.54. The van der Waals surface area contributed by atoms with E-state index in [2.05, 4.69) is 10.6 Å². The van der Waals surface area contributed by atoms with Crippen LogP contribution in [0, 0.1) is 0 Å². The Balaban J connectivity index is 1.87. The predicted octanol–water partition coefficient (Wildman–Crippen LogP) is 2.11. The molecule has 21 heavy (non-hydrogen) atoms. The molecule has 1 saturated carbocycles. The monoisotopic (exact) mass is 310 g/mol. The number of aliphatic carboxylic acids is 1. The summed E-state index contributed by atoms with van der Waals surface area (Å²) in [5, 5.41) is 15.5.